The zero-order valence-corrected chi connectivity index (χ0v) is 12.6. The van der Waals surface area contributed by atoms with Crippen LogP contribution in [0.15, 0.2) is 47.5 Å². The molecular weight excluding hydrogens is 290 g/mol. The van der Waals surface area contributed by atoms with Crippen molar-refractivity contribution in [2.24, 2.45) is 0 Å². The van der Waals surface area contributed by atoms with E-state index in [1.807, 2.05) is 12.1 Å². The van der Waals surface area contributed by atoms with Gasteiger partial charge in [0.2, 0.25) is 10.0 Å². The molecule has 1 heterocycles. The molecule has 2 rings (SSSR count). The van der Waals surface area contributed by atoms with Gasteiger partial charge >= 0.3 is 0 Å². The molecule has 2 aromatic rings. The van der Waals surface area contributed by atoms with Gasteiger partial charge in [-0.25, -0.2) is 18.1 Å². The minimum absolute atomic E-state index is 0.126. The number of anilines is 1. The van der Waals surface area contributed by atoms with Crippen LogP contribution in [0, 0.1) is 0 Å². The molecule has 0 aliphatic heterocycles. The van der Waals surface area contributed by atoms with Gasteiger partial charge < -0.3 is 10.1 Å². The molecular formula is C14H17N3O3S. The maximum Gasteiger partial charge on any atom is 0.244 e. The first-order valence-corrected chi connectivity index (χ1v) is 7.80. The second-order valence-electron chi connectivity index (χ2n) is 4.27. The van der Waals surface area contributed by atoms with Crippen molar-refractivity contribution < 1.29 is 13.2 Å². The normalized spacial score (nSPS) is 11.1. The van der Waals surface area contributed by atoms with Crippen LogP contribution < -0.4 is 14.8 Å². The third-order valence-corrected chi connectivity index (χ3v) is 4.36. The number of nitrogens with one attached hydrogen (secondary N) is 2. The van der Waals surface area contributed by atoms with Gasteiger partial charge in [0.1, 0.15) is 16.5 Å². The van der Waals surface area contributed by atoms with Gasteiger partial charge in [0, 0.05) is 19.8 Å². The third kappa shape index (κ3) is 3.71. The van der Waals surface area contributed by atoms with Crippen LogP contribution >= 0.6 is 0 Å². The summed E-state index contributed by atoms with van der Waals surface area (Å²) in [6.07, 6.45) is 1.54. The van der Waals surface area contributed by atoms with Gasteiger partial charge in [-0.2, -0.15) is 0 Å². The highest BCUT2D eigenvalue weighted by Crippen LogP contribution is 2.18. The van der Waals surface area contributed by atoms with E-state index < -0.39 is 10.0 Å². The van der Waals surface area contributed by atoms with Gasteiger partial charge in [-0.15, -0.1) is 0 Å². The van der Waals surface area contributed by atoms with Crippen LogP contribution in [-0.2, 0) is 16.6 Å². The predicted octanol–water partition coefficient (Wildman–Crippen LogP) is 1.61. The van der Waals surface area contributed by atoms with E-state index in [-0.39, 0.29) is 11.4 Å². The summed E-state index contributed by atoms with van der Waals surface area (Å²) in [5, 5.41) is 2.77. The molecule has 0 atom stereocenters. The Kier molecular flexibility index (Phi) is 4.77. The summed E-state index contributed by atoms with van der Waals surface area (Å²) in [5.41, 5.74) is 0.842. The van der Waals surface area contributed by atoms with Crippen molar-refractivity contribution in [3.8, 4) is 5.75 Å². The highest BCUT2D eigenvalue weighted by Gasteiger charge is 2.18. The fourth-order valence-corrected chi connectivity index (χ4v) is 2.97. The van der Waals surface area contributed by atoms with Gasteiger partial charge in [0.05, 0.1) is 7.11 Å². The Balaban J connectivity index is 2.13. The van der Waals surface area contributed by atoms with Crippen molar-refractivity contribution in [3.05, 3.63) is 48.2 Å². The van der Waals surface area contributed by atoms with Gasteiger partial charge in [0.25, 0.3) is 0 Å². The fraction of sp³-hybridized carbons (Fsp3) is 0.214. The van der Waals surface area contributed by atoms with Crippen LogP contribution in [-0.4, -0.2) is 27.6 Å². The second kappa shape index (κ2) is 6.55. The van der Waals surface area contributed by atoms with Crippen LogP contribution in [0.25, 0.3) is 0 Å². The lowest BCUT2D eigenvalue weighted by Gasteiger charge is -2.10. The van der Waals surface area contributed by atoms with Crippen LogP contribution in [0.2, 0.25) is 0 Å². The Hall–Kier alpha value is -2.12. The molecule has 0 bridgehead atoms. The molecule has 0 unspecified atom stereocenters. The summed E-state index contributed by atoms with van der Waals surface area (Å²) in [7, 11) is -0.411. The number of aromatic nitrogens is 1. The first kappa shape index (κ1) is 15.3. The van der Waals surface area contributed by atoms with Gasteiger partial charge in [-0.1, -0.05) is 12.1 Å². The number of sulfonamides is 1. The molecule has 0 aliphatic rings. The summed E-state index contributed by atoms with van der Waals surface area (Å²) >= 11 is 0. The molecule has 0 fully saturated rings. The van der Waals surface area contributed by atoms with Crippen molar-refractivity contribution in [2.45, 2.75) is 11.4 Å². The minimum atomic E-state index is -3.62. The van der Waals surface area contributed by atoms with Crippen LogP contribution in [0.4, 0.5) is 5.82 Å². The Bertz CT molecular complexity index is 700. The first-order chi connectivity index (χ1) is 10.1. The second-order valence-corrected chi connectivity index (χ2v) is 6.01. The van der Waals surface area contributed by atoms with E-state index >= 15 is 0 Å². The zero-order chi connectivity index (χ0) is 15.3. The van der Waals surface area contributed by atoms with E-state index in [0.717, 1.165) is 11.3 Å². The van der Waals surface area contributed by atoms with E-state index in [4.69, 9.17) is 4.74 Å². The molecule has 7 heteroatoms. The molecule has 21 heavy (non-hydrogen) atoms. The average Bonchev–Trinajstić information content (AvgIpc) is 2.53. The number of hydrogen-bond donors (Lipinski definition) is 2. The molecule has 0 saturated carbocycles. The van der Waals surface area contributed by atoms with E-state index in [1.165, 1.54) is 12.3 Å². The summed E-state index contributed by atoms with van der Waals surface area (Å²) in [6, 6.07) is 10.3. The summed E-state index contributed by atoms with van der Waals surface area (Å²) in [5.74, 6) is 1.05. The Morgan fingerprint density at radius 2 is 1.90 bits per heavy atom. The van der Waals surface area contributed by atoms with Crippen molar-refractivity contribution in [1.29, 1.82) is 0 Å². The lowest BCUT2D eigenvalue weighted by atomic mass is 10.2. The molecule has 1 aromatic heterocycles. The van der Waals surface area contributed by atoms with Gasteiger partial charge in [-0.05, 0) is 29.8 Å². The average molecular weight is 307 g/mol. The third-order valence-electron chi connectivity index (χ3n) is 2.92. The summed E-state index contributed by atoms with van der Waals surface area (Å²) < 4.78 is 32.2. The molecule has 0 amide bonds. The maximum absolute atomic E-state index is 12.3. The molecule has 2 N–H and O–H groups in total. The number of pyridine rings is 1. The van der Waals surface area contributed by atoms with Gasteiger partial charge in [0.15, 0.2) is 0 Å². The highest BCUT2D eigenvalue weighted by molar-refractivity contribution is 7.89. The van der Waals surface area contributed by atoms with Crippen LogP contribution in [0.3, 0.4) is 0 Å². The number of ether oxygens (including phenoxy) is 1. The molecule has 0 radical (unpaired) electrons. The Morgan fingerprint density at radius 1 is 1.19 bits per heavy atom. The van der Waals surface area contributed by atoms with Crippen molar-refractivity contribution in [2.75, 3.05) is 19.5 Å². The Morgan fingerprint density at radius 3 is 2.52 bits per heavy atom. The molecule has 0 saturated heterocycles. The van der Waals surface area contributed by atoms with Crippen LogP contribution in [0.5, 0.6) is 5.75 Å². The number of methoxy groups -OCH3 is 1. The van der Waals surface area contributed by atoms with Gasteiger partial charge in [-0.3, -0.25) is 0 Å². The number of benzene rings is 1. The van der Waals surface area contributed by atoms with E-state index in [9.17, 15) is 8.42 Å². The quantitative estimate of drug-likeness (QED) is 0.847. The number of nitrogens with zero attached hydrogens (tertiary/aromatic N) is 1. The van der Waals surface area contributed by atoms with E-state index in [1.54, 1.807) is 32.4 Å². The highest BCUT2D eigenvalue weighted by atomic mass is 32.2. The summed E-state index contributed by atoms with van der Waals surface area (Å²) in [6.45, 7) is 0.199. The maximum atomic E-state index is 12.3. The van der Waals surface area contributed by atoms with E-state index in [0.29, 0.717) is 5.82 Å². The topological polar surface area (TPSA) is 80.3 Å². The lowest BCUT2D eigenvalue weighted by molar-refractivity contribution is 0.414. The standard InChI is InChI=1S/C14H17N3O3S/c1-15-14-13(4-3-9-16-14)21(18,19)17-10-11-5-7-12(20-2)8-6-11/h3-9,17H,10H2,1-2H3,(H,15,16). The number of rotatable bonds is 6. The molecule has 112 valence electrons. The zero-order valence-electron chi connectivity index (χ0n) is 11.8. The van der Waals surface area contributed by atoms with Crippen molar-refractivity contribution in [1.82, 2.24) is 9.71 Å². The SMILES string of the molecule is CNc1ncccc1S(=O)(=O)NCc1ccc(OC)cc1. The molecule has 6 nitrogen and oxygen atoms in total. The van der Waals surface area contributed by atoms with Crippen molar-refractivity contribution >= 4 is 15.8 Å². The minimum Gasteiger partial charge on any atom is -0.497 e. The predicted molar refractivity (Wildman–Crippen MR) is 80.8 cm³/mol. The van der Waals surface area contributed by atoms with Crippen LogP contribution in [0.1, 0.15) is 5.56 Å². The smallest absolute Gasteiger partial charge is 0.244 e. The molecule has 0 spiro atoms. The first-order valence-electron chi connectivity index (χ1n) is 6.32. The molecule has 0 aliphatic carbocycles. The lowest BCUT2D eigenvalue weighted by Crippen LogP contribution is -2.24. The molecule has 1 aromatic carbocycles. The number of hydrogen-bond acceptors (Lipinski definition) is 5. The summed E-state index contributed by atoms with van der Waals surface area (Å²) in [4.78, 5) is 4.12. The monoisotopic (exact) mass is 307 g/mol. The largest absolute Gasteiger partial charge is 0.497 e. The Labute approximate surface area is 124 Å². The van der Waals surface area contributed by atoms with E-state index in [2.05, 4.69) is 15.0 Å². The fourth-order valence-electron chi connectivity index (χ4n) is 1.79. The van der Waals surface area contributed by atoms with Crippen molar-refractivity contribution in [3.63, 3.8) is 0 Å².